The first-order chi connectivity index (χ1) is 11.0. The Morgan fingerprint density at radius 1 is 1.25 bits per heavy atom. The van der Waals surface area contributed by atoms with Gasteiger partial charge in [-0.25, -0.2) is 9.18 Å². The number of benzene rings is 1. The molecule has 132 valence electrons. The normalized spacial score (nSPS) is 13.7. The number of alkyl carbamates (subject to hydrolysis) is 1. The van der Waals surface area contributed by atoms with Gasteiger partial charge in [0.05, 0.1) is 6.04 Å². The van der Waals surface area contributed by atoms with E-state index in [0.717, 1.165) is 6.07 Å². The van der Waals surface area contributed by atoms with Gasteiger partial charge in [-0.2, -0.15) is 0 Å². The van der Waals surface area contributed by atoms with Crippen molar-refractivity contribution in [3.63, 3.8) is 0 Å². The van der Waals surface area contributed by atoms with E-state index in [4.69, 9.17) is 4.74 Å². The highest BCUT2D eigenvalue weighted by Crippen LogP contribution is 2.29. The van der Waals surface area contributed by atoms with E-state index in [1.807, 2.05) is 0 Å². The largest absolute Gasteiger partial charge is 0.480 e. The van der Waals surface area contributed by atoms with Gasteiger partial charge in [0.15, 0.2) is 5.12 Å². The summed E-state index contributed by atoms with van der Waals surface area (Å²) in [5.41, 5.74) is -0.847. The Labute approximate surface area is 143 Å². The second kappa shape index (κ2) is 8.14. The molecule has 1 aromatic carbocycles. The number of amides is 1. The number of rotatable bonds is 5. The zero-order chi connectivity index (χ0) is 18.5. The minimum absolute atomic E-state index is 0.0375. The van der Waals surface area contributed by atoms with Crippen molar-refractivity contribution in [1.29, 1.82) is 0 Å². The highest BCUT2D eigenvalue weighted by atomic mass is 32.2. The Morgan fingerprint density at radius 3 is 2.29 bits per heavy atom. The first kappa shape index (κ1) is 20.0. The zero-order valence-electron chi connectivity index (χ0n) is 13.8. The van der Waals surface area contributed by atoms with Crippen LogP contribution in [0.4, 0.5) is 9.18 Å². The predicted molar refractivity (Wildman–Crippen MR) is 88.2 cm³/mol. The van der Waals surface area contributed by atoms with Crippen molar-refractivity contribution in [1.82, 2.24) is 5.32 Å². The monoisotopic (exact) mass is 357 g/mol. The molecule has 0 saturated heterocycles. The standard InChI is InChI=1S/C16H20FNO5S/c1-9(19)24-13(14(20)21)12(10-7-5-6-8-11(10)17)18-15(22)23-16(2,3)4/h5-8,12-13H,1-4H3,(H,18,22)(H,20,21)/t12-,13?/m0/s1. The summed E-state index contributed by atoms with van der Waals surface area (Å²) in [7, 11) is 0. The Kier molecular flexibility index (Phi) is 6.77. The maximum atomic E-state index is 14.1. The van der Waals surface area contributed by atoms with Crippen molar-refractivity contribution in [2.45, 2.75) is 44.6 Å². The number of hydrogen-bond donors (Lipinski definition) is 2. The number of ether oxygens (including phenoxy) is 1. The summed E-state index contributed by atoms with van der Waals surface area (Å²) >= 11 is 0.504. The van der Waals surface area contributed by atoms with Crippen molar-refractivity contribution in [3.05, 3.63) is 35.6 Å². The molecule has 1 rings (SSSR count). The average molecular weight is 357 g/mol. The summed E-state index contributed by atoms with van der Waals surface area (Å²) in [5, 5.41) is 9.91. The molecule has 0 fully saturated rings. The minimum atomic E-state index is -1.40. The Morgan fingerprint density at radius 2 is 1.83 bits per heavy atom. The highest BCUT2D eigenvalue weighted by Gasteiger charge is 2.35. The summed E-state index contributed by atoms with van der Waals surface area (Å²) < 4.78 is 19.2. The van der Waals surface area contributed by atoms with Crippen LogP contribution in [0.1, 0.15) is 39.3 Å². The number of carbonyl (C=O) groups is 3. The van der Waals surface area contributed by atoms with Crippen LogP contribution in [-0.2, 0) is 14.3 Å². The maximum absolute atomic E-state index is 14.1. The fourth-order valence-electron chi connectivity index (χ4n) is 1.92. The van der Waals surface area contributed by atoms with Crippen molar-refractivity contribution < 1.29 is 28.6 Å². The Hall–Kier alpha value is -2.09. The van der Waals surface area contributed by atoms with Gasteiger partial charge in [0.1, 0.15) is 16.7 Å². The molecule has 0 saturated carbocycles. The van der Waals surface area contributed by atoms with Gasteiger partial charge >= 0.3 is 12.1 Å². The molecule has 0 bridgehead atoms. The Balaban J connectivity index is 3.20. The number of carbonyl (C=O) groups excluding carboxylic acids is 2. The van der Waals surface area contributed by atoms with Crippen LogP contribution in [0.5, 0.6) is 0 Å². The molecule has 24 heavy (non-hydrogen) atoms. The molecular weight excluding hydrogens is 337 g/mol. The lowest BCUT2D eigenvalue weighted by Gasteiger charge is -2.27. The molecule has 0 heterocycles. The van der Waals surface area contributed by atoms with Gasteiger partial charge in [-0.05, 0) is 26.8 Å². The molecular formula is C16H20FNO5S. The molecule has 0 aliphatic carbocycles. The first-order valence-electron chi connectivity index (χ1n) is 7.15. The first-order valence-corrected chi connectivity index (χ1v) is 8.03. The van der Waals surface area contributed by atoms with E-state index in [9.17, 15) is 23.9 Å². The SMILES string of the molecule is CC(=O)SC(C(=O)O)[C@@H](NC(=O)OC(C)(C)C)c1ccccc1F. The lowest BCUT2D eigenvalue weighted by Crippen LogP contribution is -2.42. The summed E-state index contributed by atoms with van der Waals surface area (Å²) in [4.78, 5) is 34.9. The lowest BCUT2D eigenvalue weighted by molar-refractivity contribution is -0.137. The van der Waals surface area contributed by atoms with Crippen LogP contribution in [-0.4, -0.2) is 33.1 Å². The van der Waals surface area contributed by atoms with Gasteiger partial charge in [-0.3, -0.25) is 9.59 Å². The lowest BCUT2D eigenvalue weighted by atomic mass is 10.0. The molecule has 6 nitrogen and oxygen atoms in total. The van der Waals surface area contributed by atoms with Gasteiger partial charge < -0.3 is 15.2 Å². The number of hydrogen-bond acceptors (Lipinski definition) is 5. The van der Waals surface area contributed by atoms with E-state index in [1.54, 1.807) is 20.8 Å². The fourth-order valence-corrected chi connectivity index (χ4v) is 2.73. The average Bonchev–Trinajstić information content (AvgIpc) is 2.41. The molecule has 1 aromatic rings. The molecule has 0 spiro atoms. The van der Waals surface area contributed by atoms with E-state index < -0.39 is 39.9 Å². The summed E-state index contributed by atoms with van der Waals surface area (Å²) in [6, 6.07) is 4.19. The highest BCUT2D eigenvalue weighted by molar-refractivity contribution is 8.14. The van der Waals surface area contributed by atoms with Gasteiger partial charge in [-0.1, -0.05) is 30.0 Å². The maximum Gasteiger partial charge on any atom is 0.408 e. The number of aliphatic carboxylic acids is 1. The van der Waals surface area contributed by atoms with Crippen LogP contribution in [0.2, 0.25) is 0 Å². The number of halogens is 1. The summed E-state index contributed by atoms with van der Waals surface area (Å²) in [6.45, 7) is 6.13. The summed E-state index contributed by atoms with van der Waals surface area (Å²) in [5.74, 6) is -2.03. The van der Waals surface area contributed by atoms with Crippen molar-refractivity contribution in [2.24, 2.45) is 0 Å². The van der Waals surface area contributed by atoms with E-state index in [1.165, 1.54) is 25.1 Å². The van der Waals surface area contributed by atoms with Crippen LogP contribution in [0.15, 0.2) is 24.3 Å². The van der Waals surface area contributed by atoms with Gasteiger partial charge in [0.2, 0.25) is 0 Å². The molecule has 2 N–H and O–H groups in total. The quantitative estimate of drug-likeness (QED) is 0.841. The van der Waals surface area contributed by atoms with Gasteiger partial charge in [0, 0.05) is 12.5 Å². The third-order valence-electron chi connectivity index (χ3n) is 2.75. The molecule has 1 unspecified atom stereocenters. The fraction of sp³-hybridized carbons (Fsp3) is 0.438. The van der Waals surface area contributed by atoms with E-state index in [-0.39, 0.29) is 5.56 Å². The van der Waals surface area contributed by atoms with Crippen LogP contribution in [0, 0.1) is 5.82 Å². The molecule has 2 atom stereocenters. The van der Waals surface area contributed by atoms with Crippen molar-refractivity contribution in [3.8, 4) is 0 Å². The van der Waals surface area contributed by atoms with Crippen LogP contribution >= 0.6 is 11.8 Å². The molecule has 1 amide bonds. The second-order valence-electron chi connectivity index (χ2n) is 6.01. The number of carboxylic acid groups (broad SMARTS) is 1. The Bertz CT molecular complexity index is 629. The predicted octanol–water partition coefficient (Wildman–Crippen LogP) is 3.12. The molecule has 0 radical (unpaired) electrons. The van der Waals surface area contributed by atoms with E-state index >= 15 is 0 Å². The summed E-state index contributed by atoms with van der Waals surface area (Å²) in [6.07, 6.45) is -0.897. The topological polar surface area (TPSA) is 92.7 Å². The van der Waals surface area contributed by atoms with Crippen LogP contribution < -0.4 is 5.32 Å². The molecule has 0 aliphatic rings. The minimum Gasteiger partial charge on any atom is -0.480 e. The second-order valence-corrected chi connectivity index (χ2v) is 7.33. The zero-order valence-corrected chi connectivity index (χ0v) is 14.6. The molecule has 0 aliphatic heterocycles. The van der Waals surface area contributed by atoms with Gasteiger partial charge in [-0.15, -0.1) is 0 Å². The smallest absolute Gasteiger partial charge is 0.408 e. The number of thioether (sulfide) groups is 1. The van der Waals surface area contributed by atoms with E-state index in [0.29, 0.717) is 11.8 Å². The molecule has 0 aromatic heterocycles. The number of nitrogens with one attached hydrogen (secondary N) is 1. The van der Waals surface area contributed by atoms with E-state index in [2.05, 4.69) is 5.32 Å². The molecule has 8 heteroatoms. The van der Waals surface area contributed by atoms with Gasteiger partial charge in [0.25, 0.3) is 0 Å². The third-order valence-corrected chi connectivity index (χ3v) is 3.81. The number of carboxylic acids is 1. The van der Waals surface area contributed by atoms with Crippen molar-refractivity contribution >= 4 is 28.9 Å². The van der Waals surface area contributed by atoms with Crippen LogP contribution in [0.3, 0.4) is 0 Å². The van der Waals surface area contributed by atoms with Crippen molar-refractivity contribution in [2.75, 3.05) is 0 Å². The van der Waals surface area contributed by atoms with Crippen LogP contribution in [0.25, 0.3) is 0 Å². The third kappa shape index (κ3) is 6.19.